The van der Waals surface area contributed by atoms with Gasteiger partial charge in [-0.3, -0.25) is 9.58 Å². The molecular formula is C18H25N3O2. The first-order valence-corrected chi connectivity index (χ1v) is 8.15. The maximum absolute atomic E-state index is 10.9. The van der Waals surface area contributed by atoms with E-state index in [0.717, 1.165) is 42.9 Å². The Bertz CT molecular complexity index is 655. The van der Waals surface area contributed by atoms with E-state index in [-0.39, 0.29) is 0 Å². The van der Waals surface area contributed by atoms with Crippen LogP contribution in [0.5, 0.6) is 5.75 Å². The molecule has 1 aliphatic rings. The van der Waals surface area contributed by atoms with E-state index in [4.69, 9.17) is 4.74 Å². The number of nitrogens with zero attached hydrogens (tertiary/aromatic N) is 3. The van der Waals surface area contributed by atoms with Crippen molar-refractivity contribution in [2.45, 2.75) is 31.9 Å². The smallest absolute Gasteiger partial charge is 0.119 e. The molecule has 5 nitrogen and oxygen atoms in total. The number of hydrogen-bond acceptors (Lipinski definition) is 4. The summed E-state index contributed by atoms with van der Waals surface area (Å²) in [6.07, 6.45) is 3.70. The third-order valence-corrected chi connectivity index (χ3v) is 4.29. The molecular weight excluding hydrogens is 290 g/mol. The van der Waals surface area contributed by atoms with Crippen molar-refractivity contribution in [2.24, 2.45) is 7.05 Å². The summed E-state index contributed by atoms with van der Waals surface area (Å²) in [6.45, 7) is 4.75. The zero-order chi connectivity index (χ0) is 16.3. The van der Waals surface area contributed by atoms with Gasteiger partial charge in [0.25, 0.3) is 0 Å². The van der Waals surface area contributed by atoms with Gasteiger partial charge in [-0.05, 0) is 50.1 Å². The van der Waals surface area contributed by atoms with Gasteiger partial charge < -0.3 is 9.84 Å². The molecule has 23 heavy (non-hydrogen) atoms. The lowest BCUT2D eigenvalue weighted by Crippen LogP contribution is -2.51. The summed E-state index contributed by atoms with van der Waals surface area (Å²) >= 11 is 0. The molecule has 124 valence electrons. The number of β-amino-alcohol motifs (C(OH)–C–C–N with tert-alkyl or cyclic N) is 1. The van der Waals surface area contributed by atoms with Crippen molar-refractivity contribution >= 4 is 0 Å². The zero-order valence-electron chi connectivity index (χ0n) is 13.9. The largest absolute Gasteiger partial charge is 0.491 e. The van der Waals surface area contributed by atoms with Crippen molar-refractivity contribution in [1.82, 2.24) is 14.7 Å². The maximum Gasteiger partial charge on any atom is 0.119 e. The Labute approximate surface area is 137 Å². The molecule has 0 unspecified atom stereocenters. The van der Waals surface area contributed by atoms with E-state index >= 15 is 0 Å². The minimum absolute atomic E-state index is 0.329. The van der Waals surface area contributed by atoms with Crippen LogP contribution in [-0.4, -0.2) is 45.1 Å². The van der Waals surface area contributed by atoms with E-state index in [1.807, 2.05) is 55.2 Å². The minimum Gasteiger partial charge on any atom is -0.491 e. The van der Waals surface area contributed by atoms with E-state index in [1.54, 1.807) is 0 Å². The van der Waals surface area contributed by atoms with Gasteiger partial charge in [0.2, 0.25) is 0 Å². The number of aryl methyl sites for hydroxylation is 2. The van der Waals surface area contributed by atoms with E-state index in [0.29, 0.717) is 13.2 Å². The Kier molecular flexibility index (Phi) is 4.68. The van der Waals surface area contributed by atoms with Crippen LogP contribution < -0.4 is 4.74 Å². The maximum atomic E-state index is 10.9. The monoisotopic (exact) mass is 315 g/mol. The first-order chi connectivity index (χ1) is 11.0. The molecule has 0 bridgehead atoms. The van der Waals surface area contributed by atoms with Crippen molar-refractivity contribution in [3.05, 3.63) is 47.8 Å². The van der Waals surface area contributed by atoms with Gasteiger partial charge in [-0.15, -0.1) is 0 Å². The summed E-state index contributed by atoms with van der Waals surface area (Å²) in [5.41, 5.74) is 1.41. The van der Waals surface area contributed by atoms with Crippen molar-refractivity contribution in [2.75, 3.05) is 19.7 Å². The highest BCUT2D eigenvalue weighted by Gasteiger charge is 2.34. The number of aromatic nitrogens is 2. The molecule has 0 amide bonds. The number of hydrogen-bond donors (Lipinski definition) is 1. The number of aliphatic hydroxyl groups is 1. The van der Waals surface area contributed by atoms with Gasteiger partial charge in [-0.2, -0.15) is 5.10 Å². The van der Waals surface area contributed by atoms with Crippen LogP contribution in [0.3, 0.4) is 0 Å². The van der Waals surface area contributed by atoms with E-state index in [1.165, 1.54) is 0 Å². The number of ether oxygens (including phenoxy) is 1. The Morgan fingerprint density at radius 1 is 1.35 bits per heavy atom. The third-order valence-electron chi connectivity index (χ3n) is 4.29. The summed E-state index contributed by atoms with van der Waals surface area (Å²) in [5, 5.41) is 15.3. The highest BCUT2D eigenvalue weighted by Crippen LogP contribution is 2.24. The van der Waals surface area contributed by atoms with Crippen LogP contribution in [0.2, 0.25) is 0 Å². The molecule has 1 aliphatic heterocycles. The van der Waals surface area contributed by atoms with Crippen LogP contribution >= 0.6 is 0 Å². The van der Waals surface area contributed by atoms with Crippen LogP contribution in [0.4, 0.5) is 0 Å². The van der Waals surface area contributed by atoms with Gasteiger partial charge in [0.05, 0.1) is 5.69 Å². The van der Waals surface area contributed by atoms with Crippen molar-refractivity contribution in [3.63, 3.8) is 0 Å². The fourth-order valence-corrected chi connectivity index (χ4v) is 3.16. The van der Waals surface area contributed by atoms with E-state index < -0.39 is 5.60 Å². The van der Waals surface area contributed by atoms with Gasteiger partial charge in [0, 0.05) is 26.3 Å². The molecule has 2 aromatic rings. The van der Waals surface area contributed by atoms with E-state index in [2.05, 4.69) is 10.00 Å². The molecule has 2 heterocycles. The number of likely N-dealkylation sites (tertiary alicyclic amines) is 1. The minimum atomic E-state index is -0.795. The molecule has 5 heteroatoms. The van der Waals surface area contributed by atoms with Crippen molar-refractivity contribution < 1.29 is 9.84 Å². The highest BCUT2D eigenvalue weighted by molar-refractivity contribution is 5.27. The Balaban J connectivity index is 1.57. The highest BCUT2D eigenvalue weighted by atomic mass is 16.5. The first-order valence-electron chi connectivity index (χ1n) is 8.15. The van der Waals surface area contributed by atoms with Crippen molar-refractivity contribution in [3.8, 4) is 5.75 Å². The zero-order valence-corrected chi connectivity index (χ0v) is 13.9. The van der Waals surface area contributed by atoms with Crippen molar-refractivity contribution in [1.29, 1.82) is 0 Å². The average Bonchev–Trinajstić information content (AvgIpc) is 2.91. The molecule has 1 aromatic carbocycles. The second kappa shape index (κ2) is 6.72. The molecule has 0 saturated carbocycles. The lowest BCUT2D eigenvalue weighted by molar-refractivity contribution is -0.0623. The third kappa shape index (κ3) is 4.33. The Morgan fingerprint density at radius 2 is 2.22 bits per heavy atom. The molecule has 0 aliphatic carbocycles. The Hall–Kier alpha value is -1.85. The van der Waals surface area contributed by atoms with Crippen LogP contribution in [0.15, 0.2) is 36.5 Å². The lowest BCUT2D eigenvalue weighted by atomic mass is 9.93. The van der Waals surface area contributed by atoms with E-state index in [9.17, 15) is 5.11 Å². The lowest BCUT2D eigenvalue weighted by Gasteiger charge is -2.38. The van der Waals surface area contributed by atoms with Gasteiger partial charge in [0.15, 0.2) is 0 Å². The fourth-order valence-electron chi connectivity index (χ4n) is 3.16. The topological polar surface area (TPSA) is 50.5 Å². The molecule has 1 saturated heterocycles. The molecule has 3 rings (SSSR count). The van der Waals surface area contributed by atoms with Gasteiger partial charge >= 0.3 is 0 Å². The van der Waals surface area contributed by atoms with Gasteiger partial charge in [-0.25, -0.2) is 0 Å². The molecule has 1 fully saturated rings. The van der Waals surface area contributed by atoms with Crippen LogP contribution in [0, 0.1) is 6.92 Å². The van der Waals surface area contributed by atoms with Crippen LogP contribution in [0.1, 0.15) is 24.1 Å². The average molecular weight is 315 g/mol. The summed E-state index contributed by atoms with van der Waals surface area (Å²) in [6, 6.07) is 9.97. The second-order valence-electron chi connectivity index (χ2n) is 6.62. The molecule has 1 N–H and O–H groups in total. The molecule has 0 radical (unpaired) electrons. The SMILES string of the molecule is Cc1cccc(OC[C@]2(O)CCCN(Cc3ccn(C)n3)C2)c1. The predicted octanol–water partition coefficient (Wildman–Crippen LogP) is 2.13. The van der Waals surface area contributed by atoms with Gasteiger partial charge in [-0.1, -0.05) is 12.1 Å². The summed E-state index contributed by atoms with van der Waals surface area (Å²) in [7, 11) is 1.92. The second-order valence-corrected chi connectivity index (χ2v) is 6.62. The Morgan fingerprint density at radius 3 is 2.96 bits per heavy atom. The summed E-state index contributed by atoms with van der Waals surface area (Å²) in [4.78, 5) is 2.26. The normalized spacial score (nSPS) is 22.2. The quantitative estimate of drug-likeness (QED) is 0.918. The summed E-state index contributed by atoms with van der Waals surface area (Å²) in [5.74, 6) is 0.820. The standard InChI is InChI=1S/C18H25N3O2/c1-15-5-3-6-17(11-15)23-14-18(22)8-4-9-21(13-18)12-16-7-10-20(2)19-16/h3,5-7,10-11,22H,4,8-9,12-14H2,1-2H3/t18-/m0/s1. The van der Waals surface area contributed by atoms with Gasteiger partial charge in [0.1, 0.15) is 18.0 Å². The molecule has 1 aromatic heterocycles. The number of benzene rings is 1. The predicted molar refractivity (Wildman–Crippen MR) is 89.3 cm³/mol. The number of rotatable bonds is 5. The van der Waals surface area contributed by atoms with Crippen LogP contribution in [-0.2, 0) is 13.6 Å². The number of piperidine rings is 1. The fraction of sp³-hybridized carbons (Fsp3) is 0.500. The molecule has 0 spiro atoms. The van der Waals surface area contributed by atoms with Crippen LogP contribution in [0.25, 0.3) is 0 Å². The first kappa shape index (κ1) is 16.0. The molecule has 1 atom stereocenters. The summed E-state index contributed by atoms with van der Waals surface area (Å²) < 4.78 is 7.65.